The van der Waals surface area contributed by atoms with Crippen LogP contribution in [-0.4, -0.2) is 11.2 Å². The Kier molecular flexibility index (Phi) is 1.71. The van der Waals surface area contributed by atoms with Crippen LogP contribution >= 0.6 is 0 Å². The van der Waals surface area contributed by atoms with Crippen molar-refractivity contribution in [1.29, 1.82) is 0 Å². The zero-order valence-electron chi connectivity index (χ0n) is 7.38. The third-order valence-corrected chi connectivity index (χ3v) is 3.52. The predicted molar refractivity (Wildman–Crippen MR) is 44.9 cm³/mol. The van der Waals surface area contributed by atoms with Gasteiger partial charge in [-0.25, -0.2) is 0 Å². The van der Waals surface area contributed by atoms with Crippen LogP contribution in [0.5, 0.6) is 0 Å². The fourth-order valence-corrected chi connectivity index (χ4v) is 2.98. The molecule has 2 rings (SSSR count). The van der Waals surface area contributed by atoms with Gasteiger partial charge >= 0.3 is 0 Å². The minimum atomic E-state index is 0.0219. The highest BCUT2D eigenvalue weighted by Crippen LogP contribution is 2.51. The molecule has 0 aromatic heterocycles. The van der Waals surface area contributed by atoms with E-state index in [1.165, 1.54) is 18.8 Å². The molecule has 4 atom stereocenters. The lowest BCUT2D eigenvalue weighted by molar-refractivity contribution is 0.0853. The molecule has 1 radical (unpaired) electrons. The van der Waals surface area contributed by atoms with Gasteiger partial charge in [-0.15, -0.1) is 0 Å². The summed E-state index contributed by atoms with van der Waals surface area (Å²) >= 11 is 0. The first-order valence-corrected chi connectivity index (χ1v) is 4.66. The van der Waals surface area contributed by atoms with Gasteiger partial charge in [-0.1, -0.05) is 13.8 Å². The fourth-order valence-electron chi connectivity index (χ4n) is 2.98. The number of fused-ring (bicyclic) bond motifs is 2. The van der Waals surface area contributed by atoms with Gasteiger partial charge in [0.2, 0.25) is 0 Å². The lowest BCUT2D eigenvalue weighted by Gasteiger charge is -2.28. The van der Waals surface area contributed by atoms with Crippen LogP contribution in [0.2, 0.25) is 0 Å². The molecule has 0 saturated heterocycles. The van der Waals surface area contributed by atoms with Crippen LogP contribution in [0.25, 0.3) is 0 Å². The SMILES string of the molecule is C[C](C)C1CC2CC(O)C1C2. The third-order valence-electron chi connectivity index (χ3n) is 3.52. The standard InChI is InChI=1S/C10H17O/c1-6(2)8-3-7-4-9(8)10(11)5-7/h7-11H,3-5H2,1-2H3. The van der Waals surface area contributed by atoms with Crippen molar-refractivity contribution >= 4 is 0 Å². The van der Waals surface area contributed by atoms with Gasteiger partial charge in [0, 0.05) is 0 Å². The summed E-state index contributed by atoms with van der Waals surface area (Å²) in [5.74, 6) is 3.72. The maximum Gasteiger partial charge on any atom is 0.0574 e. The van der Waals surface area contributed by atoms with Gasteiger partial charge in [0.1, 0.15) is 0 Å². The third kappa shape index (κ3) is 1.10. The van der Waals surface area contributed by atoms with Gasteiger partial charge in [-0.05, 0) is 42.9 Å². The lowest BCUT2D eigenvalue weighted by Crippen LogP contribution is -2.26. The maximum atomic E-state index is 9.63. The predicted octanol–water partition coefficient (Wildman–Crippen LogP) is 2.01. The Labute approximate surface area is 68.8 Å². The highest BCUT2D eigenvalue weighted by atomic mass is 16.3. The quantitative estimate of drug-likeness (QED) is 0.611. The molecule has 2 bridgehead atoms. The Morgan fingerprint density at radius 3 is 2.27 bits per heavy atom. The van der Waals surface area contributed by atoms with Crippen molar-refractivity contribution in [3.8, 4) is 0 Å². The van der Waals surface area contributed by atoms with Gasteiger partial charge in [0.25, 0.3) is 0 Å². The van der Waals surface area contributed by atoms with Gasteiger partial charge in [-0.2, -0.15) is 0 Å². The average molecular weight is 153 g/mol. The molecule has 0 aromatic rings. The fraction of sp³-hybridized carbons (Fsp3) is 0.900. The Hall–Kier alpha value is -0.0400. The summed E-state index contributed by atoms with van der Waals surface area (Å²) in [7, 11) is 0. The van der Waals surface area contributed by atoms with Crippen LogP contribution in [0, 0.1) is 23.7 Å². The summed E-state index contributed by atoms with van der Waals surface area (Å²) in [6.45, 7) is 4.41. The van der Waals surface area contributed by atoms with Crippen LogP contribution in [-0.2, 0) is 0 Å². The van der Waals surface area contributed by atoms with Crippen molar-refractivity contribution in [3.63, 3.8) is 0 Å². The van der Waals surface area contributed by atoms with Gasteiger partial charge < -0.3 is 5.11 Å². The van der Waals surface area contributed by atoms with E-state index in [1.807, 2.05) is 0 Å². The second kappa shape index (κ2) is 2.48. The van der Waals surface area contributed by atoms with Crippen LogP contribution in [0.4, 0.5) is 0 Å². The van der Waals surface area contributed by atoms with E-state index in [2.05, 4.69) is 13.8 Å². The summed E-state index contributed by atoms with van der Waals surface area (Å²) in [5.41, 5.74) is 0. The normalized spacial score (nSPS) is 49.1. The van der Waals surface area contributed by atoms with E-state index >= 15 is 0 Å². The second-order valence-electron chi connectivity index (χ2n) is 4.49. The second-order valence-corrected chi connectivity index (χ2v) is 4.49. The van der Waals surface area contributed by atoms with Gasteiger partial charge in [-0.3, -0.25) is 0 Å². The molecule has 0 aliphatic heterocycles. The highest BCUT2D eigenvalue weighted by Gasteiger charge is 2.46. The summed E-state index contributed by atoms with van der Waals surface area (Å²) in [6, 6.07) is 0. The lowest BCUT2D eigenvalue weighted by atomic mass is 9.80. The summed E-state index contributed by atoms with van der Waals surface area (Å²) in [5, 5.41) is 9.63. The summed E-state index contributed by atoms with van der Waals surface area (Å²) in [6.07, 6.45) is 3.74. The molecular formula is C10H17O. The van der Waals surface area contributed by atoms with E-state index in [1.54, 1.807) is 0 Å². The molecule has 11 heavy (non-hydrogen) atoms. The molecule has 1 N–H and O–H groups in total. The Morgan fingerprint density at radius 1 is 1.18 bits per heavy atom. The van der Waals surface area contributed by atoms with Gasteiger partial charge in [0.15, 0.2) is 0 Å². The zero-order chi connectivity index (χ0) is 8.01. The van der Waals surface area contributed by atoms with Crippen LogP contribution in [0.3, 0.4) is 0 Å². The topological polar surface area (TPSA) is 20.2 Å². The van der Waals surface area contributed by atoms with E-state index in [4.69, 9.17) is 0 Å². The molecule has 0 spiro atoms. The van der Waals surface area contributed by atoms with E-state index in [0.717, 1.165) is 18.3 Å². The molecule has 63 valence electrons. The van der Waals surface area contributed by atoms with E-state index in [0.29, 0.717) is 5.92 Å². The summed E-state index contributed by atoms with van der Waals surface area (Å²) < 4.78 is 0. The largest absolute Gasteiger partial charge is 0.393 e. The molecule has 2 aliphatic rings. The first-order chi connectivity index (χ1) is 5.18. The number of rotatable bonds is 1. The Balaban J connectivity index is 2.06. The molecule has 4 unspecified atom stereocenters. The van der Waals surface area contributed by atoms with Gasteiger partial charge in [0.05, 0.1) is 6.10 Å². The van der Waals surface area contributed by atoms with Crippen LogP contribution in [0.1, 0.15) is 33.1 Å². The number of aliphatic hydroxyl groups excluding tert-OH is 1. The van der Waals surface area contributed by atoms with Crippen molar-refractivity contribution in [3.05, 3.63) is 5.92 Å². The van der Waals surface area contributed by atoms with Crippen LogP contribution < -0.4 is 0 Å². The molecule has 1 heteroatoms. The molecule has 2 aliphatic carbocycles. The van der Waals surface area contributed by atoms with Crippen molar-refractivity contribution in [2.75, 3.05) is 0 Å². The first kappa shape index (κ1) is 7.60. The number of aliphatic hydroxyl groups is 1. The van der Waals surface area contributed by atoms with Crippen molar-refractivity contribution in [2.45, 2.75) is 39.2 Å². The minimum absolute atomic E-state index is 0.0219. The number of hydrogen-bond donors (Lipinski definition) is 1. The smallest absolute Gasteiger partial charge is 0.0574 e. The van der Waals surface area contributed by atoms with Crippen molar-refractivity contribution in [2.24, 2.45) is 17.8 Å². The van der Waals surface area contributed by atoms with E-state index in [-0.39, 0.29) is 6.10 Å². The maximum absolute atomic E-state index is 9.63. The molecule has 0 heterocycles. The minimum Gasteiger partial charge on any atom is -0.393 e. The molecule has 2 fully saturated rings. The monoisotopic (exact) mass is 153 g/mol. The van der Waals surface area contributed by atoms with E-state index in [9.17, 15) is 5.11 Å². The Morgan fingerprint density at radius 2 is 1.91 bits per heavy atom. The summed E-state index contributed by atoms with van der Waals surface area (Å²) in [4.78, 5) is 0. The average Bonchev–Trinajstić information content (AvgIpc) is 2.43. The molecule has 1 nitrogen and oxygen atoms in total. The van der Waals surface area contributed by atoms with Crippen LogP contribution in [0.15, 0.2) is 0 Å². The highest BCUT2D eigenvalue weighted by molar-refractivity contribution is 5.04. The molecular weight excluding hydrogens is 136 g/mol. The zero-order valence-corrected chi connectivity index (χ0v) is 7.38. The van der Waals surface area contributed by atoms with Crippen molar-refractivity contribution in [1.82, 2.24) is 0 Å². The molecule has 2 saturated carbocycles. The van der Waals surface area contributed by atoms with E-state index < -0.39 is 0 Å². The first-order valence-electron chi connectivity index (χ1n) is 4.66. The number of hydrogen-bond acceptors (Lipinski definition) is 1. The Bertz CT molecular complexity index is 153. The molecule has 0 amide bonds. The van der Waals surface area contributed by atoms with Crippen molar-refractivity contribution < 1.29 is 5.11 Å². The molecule has 0 aromatic carbocycles.